The van der Waals surface area contributed by atoms with Gasteiger partial charge < -0.3 is 5.73 Å². The van der Waals surface area contributed by atoms with Crippen molar-refractivity contribution in [3.63, 3.8) is 0 Å². The fourth-order valence-corrected chi connectivity index (χ4v) is 2.21. The van der Waals surface area contributed by atoms with Gasteiger partial charge in [0.15, 0.2) is 0 Å². The molecule has 0 fully saturated rings. The van der Waals surface area contributed by atoms with Gasteiger partial charge in [-0.05, 0) is 30.1 Å². The van der Waals surface area contributed by atoms with Crippen LogP contribution >= 0.6 is 15.9 Å². The van der Waals surface area contributed by atoms with Crippen LogP contribution < -0.4 is 5.73 Å². The van der Waals surface area contributed by atoms with E-state index in [1.165, 1.54) is 24.0 Å². The zero-order valence-electron chi connectivity index (χ0n) is 11.6. The molecule has 0 saturated heterocycles. The van der Waals surface area contributed by atoms with Crippen molar-refractivity contribution in [2.24, 2.45) is 5.73 Å². The van der Waals surface area contributed by atoms with Crippen molar-refractivity contribution in [2.75, 3.05) is 6.61 Å². The first-order valence-corrected chi connectivity index (χ1v) is 7.04. The van der Waals surface area contributed by atoms with E-state index in [9.17, 15) is 8.78 Å². The Morgan fingerprint density at radius 3 is 2.86 bits per heavy atom. The summed E-state index contributed by atoms with van der Waals surface area (Å²) >= 11 is 3.34. The van der Waals surface area contributed by atoms with Crippen molar-refractivity contribution in [2.45, 2.75) is 18.4 Å². The van der Waals surface area contributed by atoms with Gasteiger partial charge in [0.1, 0.15) is 5.54 Å². The monoisotopic (exact) mass is 370 g/mol. The average molecular weight is 371 g/mol. The normalized spacial score (nSPS) is 14.2. The molecule has 0 aliphatic carbocycles. The van der Waals surface area contributed by atoms with Crippen molar-refractivity contribution < 1.29 is 13.6 Å². The van der Waals surface area contributed by atoms with Crippen LogP contribution in [-0.2, 0) is 10.4 Å². The highest BCUT2D eigenvalue weighted by atomic mass is 79.9. The maximum atomic E-state index is 14.1. The van der Waals surface area contributed by atoms with Crippen LogP contribution in [0.3, 0.4) is 0 Å². The summed E-state index contributed by atoms with van der Waals surface area (Å²) in [5.74, 6) is -3.41. The summed E-state index contributed by atoms with van der Waals surface area (Å²) in [6, 6.07) is 7.23. The first-order valence-electron chi connectivity index (χ1n) is 6.24. The van der Waals surface area contributed by atoms with Crippen LogP contribution in [0.5, 0.6) is 0 Å². The maximum Gasteiger partial charge on any atom is 0.310 e. The van der Waals surface area contributed by atoms with Gasteiger partial charge in [-0.1, -0.05) is 22.0 Å². The minimum absolute atomic E-state index is 0.144. The number of nitrogens with zero attached hydrogens (tertiary/aromatic N) is 3. The quantitative estimate of drug-likeness (QED) is 0.648. The highest BCUT2D eigenvalue weighted by molar-refractivity contribution is 9.10. The molecule has 22 heavy (non-hydrogen) atoms. The summed E-state index contributed by atoms with van der Waals surface area (Å²) in [5.41, 5.74) is 4.62. The molecule has 0 spiro atoms. The van der Waals surface area contributed by atoms with E-state index >= 15 is 0 Å². The van der Waals surface area contributed by atoms with Crippen molar-refractivity contribution in [3.05, 3.63) is 58.3 Å². The molecule has 2 rings (SSSR count). The van der Waals surface area contributed by atoms with Gasteiger partial charge in [-0.25, -0.2) is 13.5 Å². The van der Waals surface area contributed by atoms with E-state index in [1.54, 1.807) is 18.2 Å². The minimum atomic E-state index is -3.41. The highest BCUT2D eigenvalue weighted by Crippen LogP contribution is 2.35. The molecule has 2 aromatic rings. The predicted molar refractivity (Wildman–Crippen MR) is 80.3 cm³/mol. The molecular weight excluding hydrogens is 358 g/mol. The molecular formula is C14H13BrF2N4O. The smallest absolute Gasteiger partial charge is 0.310 e. The van der Waals surface area contributed by atoms with Crippen molar-refractivity contribution in [1.29, 1.82) is 0 Å². The molecule has 0 unspecified atom stereocenters. The molecule has 0 aliphatic heterocycles. The summed E-state index contributed by atoms with van der Waals surface area (Å²) in [5, 5.41) is 6.55. The number of rotatable bonds is 5. The van der Waals surface area contributed by atoms with Crippen LogP contribution in [-0.4, -0.2) is 22.3 Å². The average Bonchev–Trinajstić information content (AvgIpc) is 2.95. The van der Waals surface area contributed by atoms with Crippen LogP contribution in [0.25, 0.3) is 10.7 Å². The third-order valence-electron chi connectivity index (χ3n) is 3.33. The summed E-state index contributed by atoms with van der Waals surface area (Å²) in [6.07, 6.45) is 2.72. The Morgan fingerprint density at radius 2 is 2.23 bits per heavy atom. The van der Waals surface area contributed by atoms with Crippen molar-refractivity contribution in [3.8, 4) is 5.69 Å². The van der Waals surface area contributed by atoms with E-state index < -0.39 is 18.1 Å². The fraction of sp³-hybridized carbons (Fsp3) is 0.286. The van der Waals surface area contributed by atoms with Gasteiger partial charge in [0.2, 0.25) is 6.61 Å². The minimum Gasteiger partial charge on any atom is -0.316 e. The molecule has 1 aromatic heterocycles. The summed E-state index contributed by atoms with van der Waals surface area (Å²) in [7, 11) is 0. The molecule has 1 aromatic carbocycles. The molecule has 0 bridgehead atoms. The van der Waals surface area contributed by atoms with Crippen LogP contribution in [0.1, 0.15) is 12.5 Å². The third kappa shape index (κ3) is 3.10. The standard InChI is InChI=1S/C14H13BrF2N4O/c1-13(18,14(16,17)9-22-19-2)10-7-20-21(8-10)12-5-3-4-11(15)6-12/h3-8H,9,18H2,1H3/t13-/m1/s1. The molecule has 2 N–H and O–H groups in total. The van der Waals surface area contributed by atoms with E-state index in [4.69, 9.17) is 12.3 Å². The number of alkyl halides is 2. The Hall–Kier alpha value is -1.98. The third-order valence-corrected chi connectivity index (χ3v) is 3.82. The van der Waals surface area contributed by atoms with Gasteiger partial charge in [0.05, 0.1) is 11.9 Å². The van der Waals surface area contributed by atoms with Crippen molar-refractivity contribution >= 4 is 15.9 Å². The largest absolute Gasteiger partial charge is 0.316 e. The van der Waals surface area contributed by atoms with Gasteiger partial charge in [-0.2, -0.15) is 16.5 Å². The van der Waals surface area contributed by atoms with Gasteiger partial charge in [0.25, 0.3) is 0 Å². The highest BCUT2D eigenvalue weighted by Gasteiger charge is 2.51. The van der Waals surface area contributed by atoms with E-state index in [-0.39, 0.29) is 5.56 Å². The number of aromatic nitrogens is 2. The molecule has 0 saturated carbocycles. The lowest BCUT2D eigenvalue weighted by atomic mass is 9.89. The lowest BCUT2D eigenvalue weighted by Crippen LogP contribution is -2.52. The molecule has 1 heterocycles. The lowest BCUT2D eigenvalue weighted by Gasteiger charge is -2.30. The Labute approximate surface area is 134 Å². The van der Waals surface area contributed by atoms with Gasteiger partial charge >= 0.3 is 5.92 Å². The molecule has 0 radical (unpaired) electrons. The van der Waals surface area contributed by atoms with Crippen LogP contribution in [0.2, 0.25) is 0 Å². The van der Waals surface area contributed by atoms with Crippen LogP contribution in [0.15, 0.2) is 41.1 Å². The van der Waals surface area contributed by atoms with E-state index in [0.29, 0.717) is 5.69 Å². The number of nitrogens with two attached hydrogens (primary N) is 1. The first-order chi connectivity index (χ1) is 10.3. The number of benzene rings is 1. The Kier molecular flexibility index (Phi) is 4.49. The van der Waals surface area contributed by atoms with E-state index in [0.717, 1.165) is 4.47 Å². The summed E-state index contributed by atoms with van der Waals surface area (Å²) in [4.78, 5) is 4.14. The summed E-state index contributed by atoms with van der Waals surface area (Å²) in [6.45, 7) is 6.54. The lowest BCUT2D eigenvalue weighted by molar-refractivity contribution is -0.111. The van der Waals surface area contributed by atoms with Gasteiger partial charge in [-0.3, -0.25) is 0 Å². The van der Waals surface area contributed by atoms with Gasteiger partial charge in [0, 0.05) is 16.2 Å². The topological polar surface area (TPSA) is 57.4 Å². The van der Waals surface area contributed by atoms with E-state index in [1.807, 2.05) is 6.07 Å². The second kappa shape index (κ2) is 6.02. The fourth-order valence-electron chi connectivity index (χ4n) is 1.83. The SMILES string of the molecule is [C-]#[N+]OCC(F)(F)[C@](C)(N)c1cnn(-c2cccc(Br)c2)c1. The molecule has 1 atom stereocenters. The molecule has 8 heteroatoms. The molecule has 116 valence electrons. The Bertz CT molecular complexity index is 709. The summed E-state index contributed by atoms with van der Waals surface area (Å²) < 4.78 is 30.5. The second-order valence-corrected chi connectivity index (χ2v) is 5.84. The number of hydrogen-bond acceptors (Lipinski definition) is 3. The zero-order valence-corrected chi connectivity index (χ0v) is 13.2. The Balaban J connectivity index is 2.32. The number of hydrogen-bond donors (Lipinski definition) is 1. The van der Waals surface area contributed by atoms with Gasteiger partial charge in [-0.15, -0.1) is 0 Å². The zero-order chi connectivity index (χ0) is 16.4. The molecule has 0 amide bonds. The van der Waals surface area contributed by atoms with E-state index in [2.05, 4.69) is 30.9 Å². The van der Waals surface area contributed by atoms with Crippen LogP contribution in [0, 0.1) is 6.57 Å². The van der Waals surface area contributed by atoms with Crippen molar-refractivity contribution in [1.82, 2.24) is 9.78 Å². The second-order valence-electron chi connectivity index (χ2n) is 4.92. The predicted octanol–water partition coefficient (Wildman–Crippen LogP) is 3.29. The Morgan fingerprint density at radius 1 is 1.50 bits per heavy atom. The van der Waals surface area contributed by atoms with Crippen LogP contribution in [0.4, 0.5) is 8.78 Å². The number of halogens is 3. The molecule has 5 nitrogen and oxygen atoms in total. The maximum absolute atomic E-state index is 14.1. The molecule has 0 aliphatic rings. The first kappa shape index (κ1) is 16.4.